The third kappa shape index (κ3) is 4.07. The molecule has 0 amide bonds. The number of nitrogens with zero attached hydrogens (tertiary/aromatic N) is 1. The summed E-state index contributed by atoms with van der Waals surface area (Å²) >= 11 is 0. The molecule has 25 heavy (non-hydrogen) atoms. The van der Waals surface area contributed by atoms with E-state index in [0.717, 1.165) is 25.9 Å². The monoisotopic (exact) mass is 368 g/mol. The minimum Gasteiger partial charge on any atom is -0.465 e. The van der Waals surface area contributed by atoms with E-state index in [9.17, 15) is 13.2 Å². The second-order valence-electron chi connectivity index (χ2n) is 6.86. The van der Waals surface area contributed by atoms with Crippen molar-refractivity contribution in [2.45, 2.75) is 25.7 Å². The number of sulfonamides is 1. The molecule has 0 radical (unpaired) electrons. The number of piperidine rings is 1. The minimum atomic E-state index is -3.61. The first-order valence-electron chi connectivity index (χ1n) is 8.47. The maximum atomic E-state index is 12.1. The Hall–Kier alpha value is -1.80. The van der Waals surface area contributed by atoms with E-state index in [0.29, 0.717) is 22.4 Å². The first-order valence-corrected chi connectivity index (χ1v) is 10.1. The summed E-state index contributed by atoms with van der Waals surface area (Å²) in [5.41, 5.74) is 2.00. The molecule has 0 atom stereocenters. The Kier molecular flexibility index (Phi) is 4.92. The number of aliphatic hydroxyl groups is 1. The van der Waals surface area contributed by atoms with Crippen LogP contribution in [-0.4, -0.2) is 52.1 Å². The van der Waals surface area contributed by atoms with Gasteiger partial charge in [0.15, 0.2) is 0 Å². The topological polar surface area (TPSA) is 95.9 Å². The number of hydrogen-bond acceptors (Lipinski definition) is 6. The van der Waals surface area contributed by atoms with Crippen LogP contribution in [0.4, 0.5) is 11.4 Å². The Morgan fingerprint density at radius 2 is 1.96 bits per heavy atom. The molecule has 8 heteroatoms. The zero-order valence-electron chi connectivity index (χ0n) is 14.3. The van der Waals surface area contributed by atoms with E-state index in [2.05, 4.69) is 9.62 Å². The highest BCUT2D eigenvalue weighted by molar-refractivity contribution is 7.92. The molecule has 1 aromatic carbocycles. The Morgan fingerprint density at radius 3 is 2.52 bits per heavy atom. The maximum absolute atomic E-state index is 12.1. The van der Waals surface area contributed by atoms with E-state index >= 15 is 0 Å². The Bertz CT molecular complexity index is 748. The maximum Gasteiger partial charge on any atom is 0.339 e. The van der Waals surface area contributed by atoms with Crippen LogP contribution in [0.3, 0.4) is 0 Å². The van der Waals surface area contributed by atoms with Gasteiger partial charge in [0.25, 0.3) is 0 Å². The van der Waals surface area contributed by atoms with E-state index < -0.39 is 22.6 Å². The lowest BCUT2D eigenvalue weighted by Crippen LogP contribution is -2.35. The van der Waals surface area contributed by atoms with E-state index in [-0.39, 0.29) is 5.75 Å². The number of carbonyl (C=O) groups excluding carboxylic acids is 1. The molecule has 2 N–H and O–H groups in total. The quantitative estimate of drug-likeness (QED) is 0.740. The number of esters is 1. The van der Waals surface area contributed by atoms with Crippen LogP contribution in [-0.2, 0) is 14.8 Å². The third-order valence-electron chi connectivity index (χ3n) is 5.16. The van der Waals surface area contributed by atoms with Gasteiger partial charge in [0.2, 0.25) is 10.0 Å². The van der Waals surface area contributed by atoms with Crippen LogP contribution >= 0.6 is 0 Å². The van der Waals surface area contributed by atoms with Crippen molar-refractivity contribution < 1.29 is 23.1 Å². The number of methoxy groups -OCH3 is 1. The zero-order chi connectivity index (χ0) is 18.1. The average molecular weight is 368 g/mol. The summed E-state index contributed by atoms with van der Waals surface area (Å²) in [6, 6.07) is 4.79. The van der Waals surface area contributed by atoms with Crippen LogP contribution in [0.15, 0.2) is 18.2 Å². The van der Waals surface area contributed by atoms with Crippen molar-refractivity contribution in [1.82, 2.24) is 0 Å². The molecule has 0 unspecified atom stereocenters. The van der Waals surface area contributed by atoms with Crippen molar-refractivity contribution in [3.8, 4) is 0 Å². The average Bonchev–Trinajstić information content (AvgIpc) is 3.33. The van der Waals surface area contributed by atoms with Crippen molar-refractivity contribution in [2.75, 3.05) is 42.2 Å². The van der Waals surface area contributed by atoms with E-state index in [1.807, 2.05) is 0 Å². The fraction of sp³-hybridized carbons (Fsp3) is 0.588. The van der Waals surface area contributed by atoms with Gasteiger partial charge in [-0.25, -0.2) is 13.2 Å². The van der Waals surface area contributed by atoms with Gasteiger partial charge in [-0.3, -0.25) is 4.72 Å². The summed E-state index contributed by atoms with van der Waals surface area (Å²) in [5, 5.41) is 8.85. The van der Waals surface area contributed by atoms with Crippen LogP contribution in [0.2, 0.25) is 0 Å². The normalized spacial score (nSPS) is 18.9. The van der Waals surface area contributed by atoms with Gasteiger partial charge in [-0.1, -0.05) is 0 Å². The van der Waals surface area contributed by atoms with Gasteiger partial charge in [0.05, 0.1) is 36.4 Å². The Labute approximate surface area is 148 Å². The standard InChI is InChI=1S/C17H24N2O5S/c1-24-16(21)14-3-2-13(18-25(22,23)11-10-20)12-15(14)19-8-6-17(4-5-17)7-9-19/h2-3,12,18,20H,4-11H2,1H3. The highest BCUT2D eigenvalue weighted by Gasteiger charge is 2.44. The van der Waals surface area contributed by atoms with Gasteiger partial charge in [0.1, 0.15) is 0 Å². The summed E-state index contributed by atoms with van der Waals surface area (Å²) in [6.07, 6.45) is 4.75. The molecule has 0 aromatic heterocycles. The minimum absolute atomic E-state index is 0.368. The second kappa shape index (κ2) is 6.84. The summed E-state index contributed by atoms with van der Waals surface area (Å²) in [7, 11) is -2.28. The van der Waals surface area contributed by atoms with Crippen molar-refractivity contribution in [3.63, 3.8) is 0 Å². The van der Waals surface area contributed by atoms with Crippen LogP contribution in [0.25, 0.3) is 0 Å². The number of anilines is 2. The molecule has 138 valence electrons. The predicted molar refractivity (Wildman–Crippen MR) is 95.4 cm³/mol. The highest BCUT2D eigenvalue weighted by atomic mass is 32.2. The molecule has 1 aliphatic carbocycles. The summed E-state index contributed by atoms with van der Waals surface area (Å²) in [4.78, 5) is 14.2. The lowest BCUT2D eigenvalue weighted by atomic mass is 9.93. The third-order valence-corrected chi connectivity index (χ3v) is 6.43. The Balaban J connectivity index is 1.86. The fourth-order valence-electron chi connectivity index (χ4n) is 3.39. The molecule has 0 bridgehead atoms. The molecule has 3 rings (SSSR count). The number of carbonyl (C=O) groups is 1. The molecule has 1 saturated heterocycles. The summed E-state index contributed by atoms with van der Waals surface area (Å²) in [5.74, 6) is -0.806. The van der Waals surface area contributed by atoms with Gasteiger partial charge in [-0.05, 0) is 49.3 Å². The van der Waals surface area contributed by atoms with Crippen molar-refractivity contribution in [3.05, 3.63) is 23.8 Å². The molecular formula is C17H24N2O5S. The summed E-state index contributed by atoms with van der Waals surface area (Å²) < 4.78 is 31.1. The van der Waals surface area contributed by atoms with Crippen molar-refractivity contribution in [2.24, 2.45) is 5.41 Å². The number of ether oxygens (including phenoxy) is 1. The highest BCUT2D eigenvalue weighted by Crippen LogP contribution is 2.54. The smallest absolute Gasteiger partial charge is 0.339 e. The van der Waals surface area contributed by atoms with Gasteiger partial charge in [-0.15, -0.1) is 0 Å². The first-order chi connectivity index (χ1) is 11.9. The van der Waals surface area contributed by atoms with Crippen LogP contribution in [0, 0.1) is 5.41 Å². The molecule has 1 heterocycles. The lowest BCUT2D eigenvalue weighted by molar-refractivity contribution is 0.0601. The number of nitrogens with one attached hydrogen (secondary N) is 1. The first kappa shape index (κ1) is 18.0. The molecule has 1 aliphatic heterocycles. The molecular weight excluding hydrogens is 344 g/mol. The molecule has 1 spiro atoms. The predicted octanol–water partition coefficient (Wildman–Crippen LogP) is 1.59. The van der Waals surface area contributed by atoms with Crippen LogP contribution in [0.1, 0.15) is 36.0 Å². The second-order valence-corrected chi connectivity index (χ2v) is 8.70. The Morgan fingerprint density at radius 1 is 1.28 bits per heavy atom. The fourth-order valence-corrected chi connectivity index (χ4v) is 4.22. The molecule has 1 saturated carbocycles. The molecule has 2 fully saturated rings. The van der Waals surface area contributed by atoms with Gasteiger partial charge >= 0.3 is 5.97 Å². The van der Waals surface area contributed by atoms with E-state index in [4.69, 9.17) is 9.84 Å². The molecule has 7 nitrogen and oxygen atoms in total. The SMILES string of the molecule is COC(=O)c1ccc(NS(=O)(=O)CCO)cc1N1CCC2(CC1)CC2. The number of rotatable bonds is 6. The zero-order valence-corrected chi connectivity index (χ0v) is 15.1. The van der Waals surface area contributed by atoms with E-state index in [1.54, 1.807) is 12.1 Å². The van der Waals surface area contributed by atoms with Crippen LogP contribution < -0.4 is 9.62 Å². The van der Waals surface area contributed by atoms with Crippen LogP contribution in [0.5, 0.6) is 0 Å². The van der Waals surface area contributed by atoms with E-state index in [1.165, 1.54) is 26.0 Å². The number of hydrogen-bond donors (Lipinski definition) is 2. The van der Waals surface area contributed by atoms with Gasteiger partial charge in [-0.2, -0.15) is 0 Å². The number of aliphatic hydroxyl groups excluding tert-OH is 1. The van der Waals surface area contributed by atoms with Gasteiger partial charge in [0, 0.05) is 13.1 Å². The molecule has 2 aliphatic rings. The summed E-state index contributed by atoms with van der Waals surface area (Å²) in [6.45, 7) is 1.24. The lowest BCUT2D eigenvalue weighted by Gasteiger charge is -2.35. The largest absolute Gasteiger partial charge is 0.465 e. The molecule has 1 aromatic rings. The van der Waals surface area contributed by atoms with Gasteiger partial charge < -0.3 is 14.7 Å². The number of benzene rings is 1. The van der Waals surface area contributed by atoms with Crippen molar-refractivity contribution >= 4 is 27.4 Å². The van der Waals surface area contributed by atoms with Crippen molar-refractivity contribution in [1.29, 1.82) is 0 Å².